The second-order valence-electron chi connectivity index (χ2n) is 7.49. The number of nitrogens with zero attached hydrogens (tertiary/aromatic N) is 3. The van der Waals surface area contributed by atoms with Gasteiger partial charge in [-0.15, -0.1) is 11.3 Å². The second kappa shape index (κ2) is 8.77. The van der Waals surface area contributed by atoms with Crippen molar-refractivity contribution in [3.8, 4) is 33.6 Å². The van der Waals surface area contributed by atoms with Gasteiger partial charge in [0.25, 0.3) is 0 Å². The van der Waals surface area contributed by atoms with Gasteiger partial charge in [0, 0.05) is 21.0 Å². The van der Waals surface area contributed by atoms with E-state index in [9.17, 15) is 9.18 Å². The van der Waals surface area contributed by atoms with Gasteiger partial charge < -0.3 is 5.11 Å². The topological polar surface area (TPSA) is 78.9 Å². The van der Waals surface area contributed by atoms with Gasteiger partial charge in [0.2, 0.25) is 0 Å². The fourth-order valence-corrected chi connectivity index (χ4v) is 4.68. The van der Waals surface area contributed by atoms with Crippen molar-refractivity contribution in [2.45, 2.75) is 0 Å². The van der Waals surface area contributed by atoms with Crippen LogP contribution in [-0.2, 0) is 4.79 Å². The Morgan fingerprint density at radius 3 is 2.38 bits per heavy atom. The van der Waals surface area contributed by atoms with Crippen LogP contribution in [0.1, 0.15) is 4.88 Å². The van der Waals surface area contributed by atoms with Crippen molar-refractivity contribution < 1.29 is 14.3 Å². The molecule has 5 aromatic rings. The minimum Gasteiger partial charge on any atom is -0.477 e. The predicted octanol–water partition coefficient (Wildman–Crippen LogP) is 6.55. The fourth-order valence-electron chi connectivity index (χ4n) is 3.72. The summed E-state index contributed by atoms with van der Waals surface area (Å²) in [5, 5.41) is 18.0. The van der Waals surface area contributed by atoms with Gasteiger partial charge in [-0.1, -0.05) is 36.4 Å². The van der Waals surface area contributed by atoms with Gasteiger partial charge in [-0.3, -0.25) is 4.57 Å². The van der Waals surface area contributed by atoms with Crippen LogP contribution in [0.5, 0.6) is 0 Å². The van der Waals surface area contributed by atoms with E-state index in [-0.39, 0.29) is 11.4 Å². The average Bonchev–Trinajstić information content (AvgIpc) is 3.48. The second-order valence-corrected chi connectivity index (χ2v) is 8.61. The molecule has 0 atom stereocenters. The van der Waals surface area contributed by atoms with Gasteiger partial charge in [-0.25, -0.2) is 14.2 Å². The van der Waals surface area contributed by atoms with E-state index >= 15 is 0 Å². The van der Waals surface area contributed by atoms with E-state index in [4.69, 9.17) is 15.4 Å². The molecule has 34 heavy (non-hydrogen) atoms. The van der Waals surface area contributed by atoms with Gasteiger partial charge >= 0.3 is 5.97 Å². The van der Waals surface area contributed by atoms with Crippen LogP contribution in [0, 0.1) is 17.1 Å². The zero-order chi connectivity index (χ0) is 23.7. The number of thiophene rings is 1. The number of hydrogen-bond acceptors (Lipinski definition) is 4. The van der Waals surface area contributed by atoms with Crippen LogP contribution < -0.4 is 0 Å². The number of carboxylic acid groups (broad SMARTS) is 1. The van der Waals surface area contributed by atoms with Crippen LogP contribution in [0.15, 0.2) is 90.5 Å². The van der Waals surface area contributed by atoms with E-state index in [0.29, 0.717) is 4.88 Å². The van der Waals surface area contributed by atoms with E-state index in [1.807, 2.05) is 59.2 Å². The monoisotopic (exact) mass is 465 g/mol. The van der Waals surface area contributed by atoms with Crippen molar-refractivity contribution in [3.63, 3.8) is 0 Å². The number of hydrogen-bond donors (Lipinski definition) is 1. The van der Waals surface area contributed by atoms with E-state index in [2.05, 4.69) is 0 Å². The average molecular weight is 466 g/mol. The number of carbonyl (C=O) groups is 1. The molecule has 0 aliphatic rings. The third-order valence-electron chi connectivity index (χ3n) is 5.34. The Hall–Kier alpha value is -4.54. The predicted molar refractivity (Wildman–Crippen MR) is 131 cm³/mol. The Balaban J connectivity index is 1.53. The molecule has 0 aliphatic carbocycles. The molecule has 2 aromatic heterocycles. The van der Waals surface area contributed by atoms with Crippen molar-refractivity contribution in [1.82, 2.24) is 9.55 Å². The van der Waals surface area contributed by atoms with Gasteiger partial charge in [-0.05, 0) is 60.2 Å². The zero-order valence-corrected chi connectivity index (χ0v) is 18.5. The van der Waals surface area contributed by atoms with Crippen molar-refractivity contribution in [2.24, 2.45) is 0 Å². The highest BCUT2D eigenvalue weighted by molar-refractivity contribution is 7.16. The lowest BCUT2D eigenvalue weighted by molar-refractivity contribution is -0.132. The molecule has 5 rings (SSSR count). The molecule has 3 aromatic carbocycles. The van der Waals surface area contributed by atoms with Crippen molar-refractivity contribution in [3.05, 3.63) is 101 Å². The molecule has 1 N–H and O–H groups in total. The molecule has 7 heteroatoms. The molecule has 0 aliphatic heterocycles. The lowest BCUT2D eigenvalue weighted by Gasteiger charge is -2.10. The van der Waals surface area contributed by atoms with E-state index in [1.165, 1.54) is 29.5 Å². The molecule has 2 heterocycles. The Morgan fingerprint density at radius 1 is 0.971 bits per heavy atom. The number of nitriles is 1. The minimum absolute atomic E-state index is 0.297. The van der Waals surface area contributed by atoms with Crippen LogP contribution in [0.2, 0.25) is 0 Å². The lowest BCUT2D eigenvalue weighted by Crippen LogP contribution is -1.97. The fraction of sp³-hybridized carbons (Fsp3) is 0. The molecule has 0 radical (unpaired) electrons. The maximum Gasteiger partial charge on any atom is 0.346 e. The standard InChI is InChI=1S/C27H16FN3O2S/c28-20-9-11-21(12-10-20)31-24-4-2-1-3-23(24)30-26(31)18-7-5-17(6-8-18)25-14-13-22(34-25)15-19(16-29)27(32)33/h1-15H,(H,32,33)/b19-15+. The molecule has 0 spiro atoms. The van der Waals surface area contributed by atoms with E-state index in [0.717, 1.165) is 38.5 Å². The number of benzene rings is 3. The number of para-hydroxylation sites is 2. The van der Waals surface area contributed by atoms with Crippen molar-refractivity contribution in [1.29, 1.82) is 5.26 Å². The molecule has 0 saturated carbocycles. The highest BCUT2D eigenvalue weighted by Gasteiger charge is 2.15. The van der Waals surface area contributed by atoms with Crippen LogP contribution >= 0.6 is 11.3 Å². The first-order chi connectivity index (χ1) is 16.5. The normalized spacial score (nSPS) is 11.5. The third-order valence-corrected chi connectivity index (χ3v) is 6.42. The first kappa shape index (κ1) is 21.3. The largest absolute Gasteiger partial charge is 0.477 e. The number of rotatable bonds is 5. The molecule has 0 fully saturated rings. The summed E-state index contributed by atoms with van der Waals surface area (Å²) in [4.78, 5) is 17.5. The summed E-state index contributed by atoms with van der Waals surface area (Å²) in [6.07, 6.45) is 1.37. The highest BCUT2D eigenvalue weighted by atomic mass is 32.1. The summed E-state index contributed by atoms with van der Waals surface area (Å²) in [5.74, 6) is -0.797. The number of aliphatic carboxylic acids is 1. The third kappa shape index (κ3) is 3.98. The summed E-state index contributed by atoms with van der Waals surface area (Å²) in [6, 6.07) is 27.4. The van der Waals surface area contributed by atoms with E-state index < -0.39 is 5.97 Å². The summed E-state index contributed by atoms with van der Waals surface area (Å²) in [6.45, 7) is 0. The zero-order valence-electron chi connectivity index (χ0n) is 17.6. The number of carboxylic acids is 1. The number of aromatic nitrogens is 2. The van der Waals surface area contributed by atoms with Gasteiger partial charge in [0.1, 0.15) is 23.3 Å². The van der Waals surface area contributed by atoms with Crippen LogP contribution in [0.25, 0.3) is 44.6 Å². The number of imidazole rings is 1. The minimum atomic E-state index is -1.24. The molecular weight excluding hydrogens is 449 g/mol. The maximum atomic E-state index is 13.5. The summed E-state index contributed by atoms with van der Waals surface area (Å²) < 4.78 is 15.5. The molecule has 0 amide bonds. The molecular formula is C27H16FN3O2S. The lowest BCUT2D eigenvalue weighted by atomic mass is 10.1. The SMILES string of the molecule is N#C/C(=C\c1ccc(-c2ccc(-c3nc4ccccc4n3-c3ccc(F)cc3)cc2)s1)C(=O)O. The smallest absolute Gasteiger partial charge is 0.346 e. The van der Waals surface area contributed by atoms with Gasteiger partial charge in [-0.2, -0.15) is 5.26 Å². The molecule has 5 nitrogen and oxygen atoms in total. The molecule has 0 saturated heterocycles. The Labute approximate surface area is 198 Å². The Kier molecular flexibility index (Phi) is 5.50. The van der Waals surface area contributed by atoms with Crippen molar-refractivity contribution >= 4 is 34.4 Å². The van der Waals surface area contributed by atoms with E-state index in [1.54, 1.807) is 24.3 Å². The quantitative estimate of drug-likeness (QED) is 0.236. The Morgan fingerprint density at radius 2 is 1.68 bits per heavy atom. The highest BCUT2D eigenvalue weighted by Crippen LogP contribution is 2.33. The van der Waals surface area contributed by atoms with Crippen LogP contribution in [0.3, 0.4) is 0 Å². The van der Waals surface area contributed by atoms with Crippen LogP contribution in [0.4, 0.5) is 4.39 Å². The molecule has 0 bridgehead atoms. The first-order valence-electron chi connectivity index (χ1n) is 10.3. The van der Waals surface area contributed by atoms with Gasteiger partial charge in [0.15, 0.2) is 0 Å². The summed E-state index contributed by atoms with van der Waals surface area (Å²) in [5.41, 5.74) is 4.14. The molecule has 0 unspecified atom stereocenters. The van der Waals surface area contributed by atoms with Crippen molar-refractivity contribution in [2.75, 3.05) is 0 Å². The van der Waals surface area contributed by atoms with Crippen LogP contribution in [-0.4, -0.2) is 20.6 Å². The van der Waals surface area contributed by atoms with Gasteiger partial charge in [0.05, 0.1) is 11.0 Å². The number of halogens is 1. The summed E-state index contributed by atoms with van der Waals surface area (Å²) in [7, 11) is 0. The number of fused-ring (bicyclic) bond motifs is 1. The molecule has 164 valence electrons. The first-order valence-corrected chi connectivity index (χ1v) is 11.1. The summed E-state index contributed by atoms with van der Waals surface area (Å²) >= 11 is 1.41. The maximum absolute atomic E-state index is 13.5. The Bertz CT molecular complexity index is 1590.